The first-order chi connectivity index (χ1) is 5.83. The Hall–Kier alpha value is -2.09. The summed E-state index contributed by atoms with van der Waals surface area (Å²) >= 11 is 0. The molecule has 0 aliphatic carbocycles. The summed E-state index contributed by atoms with van der Waals surface area (Å²) in [7, 11) is 0. The number of anilines is 1. The van der Waals surface area contributed by atoms with Gasteiger partial charge in [-0.05, 0) is 0 Å². The van der Waals surface area contributed by atoms with E-state index < -0.39 is 0 Å². The van der Waals surface area contributed by atoms with Crippen LogP contribution >= 0.6 is 0 Å². The number of nitriles is 1. The molecule has 2 rings (SSSR count). The van der Waals surface area contributed by atoms with E-state index >= 15 is 0 Å². The summed E-state index contributed by atoms with van der Waals surface area (Å²) in [6.45, 7) is 0. The van der Waals surface area contributed by atoms with Crippen LogP contribution in [-0.2, 0) is 0 Å². The molecule has 0 saturated heterocycles. The molecule has 0 atom stereocenters. The van der Waals surface area contributed by atoms with Gasteiger partial charge in [0.05, 0.1) is 22.8 Å². The minimum atomic E-state index is 0.379. The molecule has 2 heterocycles. The Morgan fingerprint density at radius 2 is 2.33 bits per heavy atom. The van der Waals surface area contributed by atoms with E-state index in [1.807, 2.05) is 6.07 Å². The molecule has 58 valence electrons. The van der Waals surface area contributed by atoms with Gasteiger partial charge in [-0.25, -0.2) is 4.98 Å². The van der Waals surface area contributed by atoms with E-state index in [4.69, 9.17) is 11.0 Å². The van der Waals surface area contributed by atoms with Crippen molar-refractivity contribution in [2.75, 3.05) is 5.73 Å². The lowest BCUT2D eigenvalue weighted by Gasteiger charge is -1.95. The van der Waals surface area contributed by atoms with E-state index in [-0.39, 0.29) is 0 Å². The van der Waals surface area contributed by atoms with Gasteiger partial charge < -0.3 is 5.73 Å². The van der Waals surface area contributed by atoms with E-state index in [2.05, 4.69) is 15.2 Å². The lowest BCUT2D eigenvalue weighted by molar-refractivity contribution is 1.10. The van der Waals surface area contributed by atoms with Crippen LogP contribution in [0.3, 0.4) is 0 Å². The van der Waals surface area contributed by atoms with Crippen LogP contribution in [0.4, 0.5) is 5.69 Å². The van der Waals surface area contributed by atoms with E-state index in [1.54, 1.807) is 6.20 Å². The van der Waals surface area contributed by atoms with Gasteiger partial charge in [0.15, 0.2) is 5.65 Å². The van der Waals surface area contributed by atoms with Crippen LogP contribution < -0.4 is 5.73 Å². The molecule has 0 saturated carbocycles. The Morgan fingerprint density at radius 3 is 3.08 bits per heavy atom. The zero-order valence-corrected chi connectivity index (χ0v) is 6.07. The summed E-state index contributed by atoms with van der Waals surface area (Å²) in [6, 6.07) is 1.95. The number of H-pyrrole nitrogens is 1. The quantitative estimate of drug-likeness (QED) is 0.582. The third-order valence-electron chi connectivity index (χ3n) is 1.64. The molecular weight excluding hydrogens is 154 g/mol. The summed E-state index contributed by atoms with van der Waals surface area (Å²) in [5.41, 5.74) is 7.06. The Kier molecular flexibility index (Phi) is 1.21. The SMILES string of the molecule is N#Cc1cnc2[nH]ncc2c1N. The third-order valence-corrected chi connectivity index (χ3v) is 1.64. The normalized spacial score (nSPS) is 9.92. The van der Waals surface area contributed by atoms with Crippen LogP contribution in [0.5, 0.6) is 0 Å². The van der Waals surface area contributed by atoms with E-state index in [0.29, 0.717) is 22.3 Å². The van der Waals surface area contributed by atoms with Gasteiger partial charge in [-0.2, -0.15) is 10.4 Å². The zero-order valence-electron chi connectivity index (χ0n) is 6.07. The van der Waals surface area contributed by atoms with Gasteiger partial charge >= 0.3 is 0 Å². The molecule has 0 radical (unpaired) electrons. The monoisotopic (exact) mass is 159 g/mol. The molecule has 0 fully saturated rings. The third kappa shape index (κ3) is 0.720. The van der Waals surface area contributed by atoms with Crippen molar-refractivity contribution in [2.24, 2.45) is 0 Å². The smallest absolute Gasteiger partial charge is 0.157 e. The number of nitrogens with one attached hydrogen (secondary N) is 1. The molecule has 2 aromatic rings. The highest BCUT2D eigenvalue weighted by Gasteiger charge is 2.05. The Labute approximate surface area is 67.8 Å². The van der Waals surface area contributed by atoms with Crippen LogP contribution in [0.2, 0.25) is 0 Å². The number of hydrogen-bond donors (Lipinski definition) is 2. The molecule has 0 aliphatic heterocycles. The van der Waals surface area contributed by atoms with Gasteiger partial charge in [-0.3, -0.25) is 5.10 Å². The van der Waals surface area contributed by atoms with Gasteiger partial charge in [0.1, 0.15) is 6.07 Å². The molecule has 5 heteroatoms. The topological polar surface area (TPSA) is 91.4 Å². The molecule has 12 heavy (non-hydrogen) atoms. The van der Waals surface area contributed by atoms with Crippen LogP contribution in [0.1, 0.15) is 5.56 Å². The van der Waals surface area contributed by atoms with Gasteiger partial charge in [0, 0.05) is 6.20 Å². The van der Waals surface area contributed by atoms with E-state index in [1.165, 1.54) is 6.20 Å². The summed E-state index contributed by atoms with van der Waals surface area (Å²) in [4.78, 5) is 3.95. The zero-order chi connectivity index (χ0) is 8.55. The molecule has 0 amide bonds. The molecule has 0 unspecified atom stereocenters. The first-order valence-electron chi connectivity index (χ1n) is 3.30. The molecule has 3 N–H and O–H groups in total. The van der Waals surface area contributed by atoms with E-state index in [0.717, 1.165) is 0 Å². The highest BCUT2D eigenvalue weighted by Crippen LogP contribution is 2.19. The fraction of sp³-hybridized carbons (Fsp3) is 0. The number of aromatic amines is 1. The molecule has 2 aromatic heterocycles. The number of fused-ring (bicyclic) bond motifs is 1. The predicted octanol–water partition coefficient (Wildman–Crippen LogP) is 0.412. The second kappa shape index (κ2) is 2.20. The van der Waals surface area contributed by atoms with Crippen molar-refractivity contribution in [3.05, 3.63) is 18.0 Å². The van der Waals surface area contributed by atoms with Crippen molar-refractivity contribution in [3.8, 4) is 6.07 Å². The number of nitrogens with zero attached hydrogens (tertiary/aromatic N) is 3. The second-order valence-electron chi connectivity index (χ2n) is 2.33. The van der Waals surface area contributed by atoms with Gasteiger partial charge in [0.25, 0.3) is 0 Å². The number of nitrogens with two attached hydrogens (primary N) is 1. The minimum Gasteiger partial charge on any atom is -0.397 e. The van der Waals surface area contributed by atoms with E-state index in [9.17, 15) is 0 Å². The number of rotatable bonds is 0. The van der Waals surface area contributed by atoms with Crippen LogP contribution in [-0.4, -0.2) is 15.2 Å². The summed E-state index contributed by atoms with van der Waals surface area (Å²) in [5, 5.41) is 15.7. The number of hydrogen-bond acceptors (Lipinski definition) is 4. The molecule has 0 bridgehead atoms. The number of nitrogen functional groups attached to an aromatic ring is 1. The van der Waals surface area contributed by atoms with Crippen molar-refractivity contribution in [1.29, 1.82) is 5.26 Å². The maximum Gasteiger partial charge on any atom is 0.157 e. The highest BCUT2D eigenvalue weighted by molar-refractivity contribution is 5.89. The van der Waals surface area contributed by atoms with Crippen LogP contribution in [0, 0.1) is 11.3 Å². The Bertz CT molecular complexity index is 464. The van der Waals surface area contributed by atoms with Gasteiger partial charge in [-0.1, -0.05) is 0 Å². The fourth-order valence-corrected chi connectivity index (χ4v) is 1.01. The Balaban J connectivity index is 2.89. The van der Waals surface area contributed by atoms with Crippen molar-refractivity contribution in [3.63, 3.8) is 0 Å². The minimum absolute atomic E-state index is 0.379. The standard InChI is InChI=1S/C7H5N5/c8-1-4-2-10-7-5(6(4)9)3-11-12-7/h2-3H,(H3,9,10,11,12). The number of aromatic nitrogens is 3. The average Bonchev–Trinajstić information content (AvgIpc) is 2.53. The Morgan fingerprint density at radius 1 is 1.50 bits per heavy atom. The number of pyridine rings is 1. The second-order valence-corrected chi connectivity index (χ2v) is 2.33. The summed E-state index contributed by atoms with van der Waals surface area (Å²) in [6.07, 6.45) is 2.98. The van der Waals surface area contributed by atoms with Gasteiger partial charge in [0.2, 0.25) is 0 Å². The first-order valence-corrected chi connectivity index (χ1v) is 3.30. The molecule has 0 spiro atoms. The maximum atomic E-state index is 8.61. The lowest BCUT2D eigenvalue weighted by Crippen LogP contribution is -1.92. The highest BCUT2D eigenvalue weighted by atomic mass is 15.1. The lowest BCUT2D eigenvalue weighted by atomic mass is 10.2. The average molecular weight is 159 g/mol. The van der Waals surface area contributed by atoms with Crippen molar-refractivity contribution >= 4 is 16.7 Å². The molecular formula is C7H5N5. The molecule has 5 nitrogen and oxygen atoms in total. The largest absolute Gasteiger partial charge is 0.397 e. The van der Waals surface area contributed by atoms with Crippen molar-refractivity contribution in [1.82, 2.24) is 15.2 Å². The summed E-state index contributed by atoms with van der Waals surface area (Å²) < 4.78 is 0. The fourth-order valence-electron chi connectivity index (χ4n) is 1.01. The van der Waals surface area contributed by atoms with Crippen LogP contribution in [0.25, 0.3) is 11.0 Å². The first kappa shape index (κ1) is 6.61. The summed E-state index contributed by atoms with van der Waals surface area (Å²) in [5.74, 6) is 0. The van der Waals surface area contributed by atoms with Crippen LogP contribution in [0.15, 0.2) is 12.4 Å². The molecule has 0 aliphatic rings. The predicted molar refractivity (Wildman–Crippen MR) is 43.0 cm³/mol. The maximum absolute atomic E-state index is 8.61. The molecule has 0 aromatic carbocycles. The van der Waals surface area contributed by atoms with Crippen molar-refractivity contribution < 1.29 is 0 Å². The van der Waals surface area contributed by atoms with Crippen molar-refractivity contribution in [2.45, 2.75) is 0 Å². The van der Waals surface area contributed by atoms with Gasteiger partial charge in [-0.15, -0.1) is 0 Å².